The summed E-state index contributed by atoms with van der Waals surface area (Å²) in [6, 6.07) is 0.150. The summed E-state index contributed by atoms with van der Waals surface area (Å²) in [6.07, 6.45) is 9.66. The number of carbonyl (C=O) groups is 1. The van der Waals surface area contributed by atoms with Gasteiger partial charge in [-0.25, -0.2) is 4.98 Å². The summed E-state index contributed by atoms with van der Waals surface area (Å²) in [5, 5.41) is 6.36. The highest BCUT2D eigenvalue weighted by atomic mass is 32.1. The van der Waals surface area contributed by atoms with Crippen molar-refractivity contribution in [2.45, 2.75) is 45.1 Å². The smallest absolute Gasteiger partial charge is 0.221 e. The van der Waals surface area contributed by atoms with Crippen molar-refractivity contribution in [3.63, 3.8) is 0 Å². The standard InChI is InChI=1S/C15H20N2OS/c1-10-9-19-15(16-10)14(12-6-7-12)17-13(18)8-11-4-2-3-5-11/h2,4,9,11-12,14H,3,5-8H2,1H3,(H,17,18). The lowest BCUT2D eigenvalue weighted by Crippen LogP contribution is -2.30. The van der Waals surface area contributed by atoms with Crippen LogP contribution in [0.3, 0.4) is 0 Å². The van der Waals surface area contributed by atoms with E-state index in [1.807, 2.05) is 6.92 Å². The molecule has 2 aliphatic rings. The van der Waals surface area contributed by atoms with E-state index in [1.54, 1.807) is 11.3 Å². The first-order valence-corrected chi connectivity index (χ1v) is 7.98. The van der Waals surface area contributed by atoms with Gasteiger partial charge >= 0.3 is 0 Å². The highest BCUT2D eigenvalue weighted by Gasteiger charge is 2.35. The number of aromatic nitrogens is 1. The Balaban J connectivity index is 1.61. The number of allylic oxidation sites excluding steroid dienone is 2. The van der Waals surface area contributed by atoms with Crippen LogP contribution in [-0.4, -0.2) is 10.9 Å². The highest BCUT2D eigenvalue weighted by Crippen LogP contribution is 2.42. The molecule has 3 rings (SSSR count). The minimum Gasteiger partial charge on any atom is -0.347 e. The summed E-state index contributed by atoms with van der Waals surface area (Å²) >= 11 is 1.67. The Hall–Kier alpha value is -1.16. The average Bonchev–Trinajstić information content (AvgIpc) is 2.93. The quantitative estimate of drug-likeness (QED) is 0.838. The minimum absolute atomic E-state index is 0.150. The van der Waals surface area contributed by atoms with E-state index >= 15 is 0 Å². The topological polar surface area (TPSA) is 42.0 Å². The van der Waals surface area contributed by atoms with Crippen LogP contribution in [0.5, 0.6) is 0 Å². The molecule has 0 aromatic carbocycles. The molecular formula is C15H20N2OS. The molecule has 1 N–H and O–H groups in total. The molecule has 2 unspecified atom stereocenters. The van der Waals surface area contributed by atoms with Gasteiger partial charge in [0.2, 0.25) is 5.91 Å². The molecule has 1 saturated carbocycles. The number of aryl methyl sites for hydroxylation is 1. The van der Waals surface area contributed by atoms with Gasteiger partial charge in [0.1, 0.15) is 5.01 Å². The van der Waals surface area contributed by atoms with Crippen molar-refractivity contribution in [3.8, 4) is 0 Å². The van der Waals surface area contributed by atoms with Crippen molar-refractivity contribution in [1.29, 1.82) is 0 Å². The molecule has 1 aromatic heterocycles. The number of hydrogen-bond donors (Lipinski definition) is 1. The van der Waals surface area contributed by atoms with Gasteiger partial charge in [-0.15, -0.1) is 11.3 Å². The van der Waals surface area contributed by atoms with E-state index < -0.39 is 0 Å². The molecule has 1 heterocycles. The van der Waals surface area contributed by atoms with Crippen LogP contribution in [0.4, 0.5) is 0 Å². The molecule has 3 nitrogen and oxygen atoms in total. The third-order valence-electron chi connectivity index (χ3n) is 3.87. The molecule has 0 spiro atoms. The second-order valence-electron chi connectivity index (χ2n) is 5.68. The van der Waals surface area contributed by atoms with Crippen LogP contribution >= 0.6 is 11.3 Å². The van der Waals surface area contributed by atoms with Gasteiger partial charge in [0, 0.05) is 17.5 Å². The summed E-state index contributed by atoms with van der Waals surface area (Å²) in [6.45, 7) is 2.01. The van der Waals surface area contributed by atoms with Gasteiger partial charge < -0.3 is 5.32 Å². The lowest BCUT2D eigenvalue weighted by Gasteiger charge is -2.17. The number of thiazole rings is 1. The van der Waals surface area contributed by atoms with Crippen LogP contribution in [0.25, 0.3) is 0 Å². The monoisotopic (exact) mass is 276 g/mol. The number of amides is 1. The summed E-state index contributed by atoms with van der Waals surface area (Å²) in [7, 11) is 0. The maximum atomic E-state index is 12.2. The van der Waals surface area contributed by atoms with Crippen molar-refractivity contribution in [3.05, 3.63) is 28.2 Å². The number of nitrogens with one attached hydrogen (secondary N) is 1. The fraction of sp³-hybridized carbons (Fsp3) is 0.600. The molecule has 102 valence electrons. The Kier molecular flexibility index (Phi) is 3.69. The third-order valence-corrected chi connectivity index (χ3v) is 4.92. The van der Waals surface area contributed by atoms with E-state index in [4.69, 9.17) is 0 Å². The first-order chi connectivity index (χ1) is 9.22. The predicted octanol–water partition coefficient (Wildman–Crippen LogP) is 3.38. The van der Waals surface area contributed by atoms with Crippen LogP contribution in [-0.2, 0) is 4.79 Å². The largest absolute Gasteiger partial charge is 0.347 e. The zero-order valence-electron chi connectivity index (χ0n) is 11.3. The number of carbonyl (C=O) groups excluding carboxylic acids is 1. The molecule has 0 radical (unpaired) electrons. The van der Waals surface area contributed by atoms with Gasteiger partial charge in [0.15, 0.2) is 0 Å². The lowest BCUT2D eigenvalue weighted by atomic mass is 10.0. The Morgan fingerprint density at radius 3 is 2.95 bits per heavy atom. The molecule has 2 aliphatic carbocycles. The number of hydrogen-bond acceptors (Lipinski definition) is 3. The van der Waals surface area contributed by atoms with Gasteiger partial charge in [-0.05, 0) is 44.4 Å². The molecular weight excluding hydrogens is 256 g/mol. The van der Waals surface area contributed by atoms with Crippen molar-refractivity contribution < 1.29 is 4.79 Å². The maximum absolute atomic E-state index is 12.2. The summed E-state index contributed by atoms with van der Waals surface area (Å²) in [4.78, 5) is 16.7. The minimum atomic E-state index is 0.150. The Morgan fingerprint density at radius 1 is 1.53 bits per heavy atom. The summed E-state index contributed by atoms with van der Waals surface area (Å²) in [5.74, 6) is 1.23. The normalized spacial score (nSPS) is 23.5. The van der Waals surface area contributed by atoms with Gasteiger partial charge in [-0.3, -0.25) is 4.79 Å². The Bertz CT molecular complexity index is 490. The van der Waals surface area contributed by atoms with Crippen LogP contribution in [0.15, 0.2) is 17.5 Å². The van der Waals surface area contributed by atoms with Crippen molar-refractivity contribution in [2.24, 2.45) is 11.8 Å². The van der Waals surface area contributed by atoms with E-state index in [2.05, 4.69) is 27.8 Å². The predicted molar refractivity (Wildman–Crippen MR) is 76.9 cm³/mol. The first-order valence-electron chi connectivity index (χ1n) is 7.10. The van der Waals surface area contributed by atoms with Gasteiger partial charge in [-0.1, -0.05) is 12.2 Å². The fourth-order valence-electron chi connectivity index (χ4n) is 2.66. The van der Waals surface area contributed by atoms with E-state index in [0.29, 0.717) is 18.3 Å². The first kappa shape index (κ1) is 12.9. The van der Waals surface area contributed by atoms with Crippen molar-refractivity contribution in [2.75, 3.05) is 0 Å². The average molecular weight is 276 g/mol. The van der Waals surface area contributed by atoms with Gasteiger partial charge in [0.25, 0.3) is 0 Å². The second kappa shape index (κ2) is 5.45. The molecule has 19 heavy (non-hydrogen) atoms. The van der Waals surface area contributed by atoms with Crippen molar-refractivity contribution >= 4 is 17.2 Å². The Morgan fingerprint density at radius 2 is 2.37 bits per heavy atom. The maximum Gasteiger partial charge on any atom is 0.221 e. The second-order valence-corrected chi connectivity index (χ2v) is 6.57. The van der Waals surface area contributed by atoms with Crippen LogP contribution in [0.1, 0.15) is 48.8 Å². The molecule has 1 fully saturated rings. The Labute approximate surface area is 118 Å². The van der Waals surface area contributed by atoms with E-state index in [-0.39, 0.29) is 11.9 Å². The molecule has 2 atom stereocenters. The van der Waals surface area contributed by atoms with Gasteiger partial charge in [0.05, 0.1) is 6.04 Å². The van der Waals surface area contributed by atoms with Crippen LogP contribution < -0.4 is 5.32 Å². The zero-order chi connectivity index (χ0) is 13.2. The molecule has 4 heteroatoms. The highest BCUT2D eigenvalue weighted by molar-refractivity contribution is 7.09. The molecule has 0 saturated heterocycles. The van der Waals surface area contributed by atoms with Crippen molar-refractivity contribution in [1.82, 2.24) is 10.3 Å². The van der Waals surface area contributed by atoms with E-state index in [9.17, 15) is 4.79 Å². The number of rotatable bonds is 5. The summed E-state index contributed by atoms with van der Waals surface area (Å²) < 4.78 is 0. The van der Waals surface area contributed by atoms with Crippen LogP contribution in [0, 0.1) is 18.8 Å². The van der Waals surface area contributed by atoms with Gasteiger partial charge in [-0.2, -0.15) is 0 Å². The van der Waals surface area contributed by atoms with E-state index in [1.165, 1.54) is 12.8 Å². The molecule has 0 aliphatic heterocycles. The zero-order valence-corrected chi connectivity index (χ0v) is 12.1. The fourth-order valence-corrected chi connectivity index (χ4v) is 3.60. The SMILES string of the molecule is Cc1csc(C(NC(=O)CC2C=CCC2)C2CC2)n1. The molecule has 1 amide bonds. The van der Waals surface area contributed by atoms with Crippen LogP contribution in [0.2, 0.25) is 0 Å². The van der Waals surface area contributed by atoms with E-state index in [0.717, 1.165) is 23.5 Å². The number of nitrogens with zero attached hydrogens (tertiary/aromatic N) is 1. The summed E-state index contributed by atoms with van der Waals surface area (Å²) in [5.41, 5.74) is 1.05. The third kappa shape index (κ3) is 3.24. The molecule has 0 bridgehead atoms. The molecule has 1 aromatic rings. The lowest BCUT2D eigenvalue weighted by molar-refractivity contribution is -0.122.